The van der Waals surface area contributed by atoms with Gasteiger partial charge in [0.05, 0.1) is 37.0 Å². The summed E-state index contributed by atoms with van der Waals surface area (Å²) in [5.41, 5.74) is 3.12. The molecule has 1 saturated heterocycles. The number of carbonyl (C=O) groups excluding carboxylic acids is 3. The van der Waals surface area contributed by atoms with Gasteiger partial charge in [-0.1, -0.05) is 11.6 Å². The molecule has 54 heavy (non-hydrogen) atoms. The molecule has 2 fully saturated rings. The van der Waals surface area contributed by atoms with E-state index in [4.69, 9.17) is 23.7 Å². The molecule has 2 aromatic carbocycles. The molecule has 7 rings (SSSR count). The number of aldehydes is 1. The molecular weight excluding hydrogens is 692 g/mol. The Morgan fingerprint density at radius 2 is 1.93 bits per heavy atom. The second-order valence-electron chi connectivity index (χ2n) is 14.9. The number of benzene rings is 2. The Hall–Kier alpha value is -4.49. The van der Waals surface area contributed by atoms with Crippen LogP contribution in [0.2, 0.25) is 0 Å². The van der Waals surface area contributed by atoms with E-state index < -0.39 is 30.2 Å². The fraction of sp³-hybridized carbons (Fsp3) is 0.500. The van der Waals surface area contributed by atoms with Crippen molar-refractivity contribution in [3.05, 3.63) is 69.6 Å². The molecule has 3 N–H and O–H groups in total. The minimum atomic E-state index is -1.22. The average Bonchev–Trinajstić information content (AvgIpc) is 3.85. The van der Waals surface area contributed by atoms with E-state index in [1.165, 1.54) is 7.11 Å². The summed E-state index contributed by atoms with van der Waals surface area (Å²) in [7, 11) is 3.23. The molecule has 1 aliphatic carbocycles. The Morgan fingerprint density at radius 3 is 2.63 bits per heavy atom. The second-order valence-corrected chi connectivity index (χ2v) is 14.9. The molecule has 4 heterocycles. The van der Waals surface area contributed by atoms with E-state index in [-0.39, 0.29) is 53.8 Å². The molecule has 0 radical (unpaired) electrons. The number of methoxy groups -OCH3 is 2. The molecule has 0 spiro atoms. The monoisotopic (exact) mass is 742 g/mol. The van der Waals surface area contributed by atoms with Crippen molar-refractivity contribution in [3.8, 4) is 17.2 Å². The van der Waals surface area contributed by atoms with Crippen LogP contribution in [0, 0.1) is 5.92 Å². The first kappa shape index (κ1) is 37.8. The van der Waals surface area contributed by atoms with Crippen molar-refractivity contribution >= 4 is 34.5 Å². The predicted molar refractivity (Wildman–Crippen MR) is 200 cm³/mol. The number of nitrogens with zero attached hydrogens (tertiary/aromatic N) is 1. The van der Waals surface area contributed by atoms with Gasteiger partial charge in [-0.15, -0.1) is 0 Å². The number of aromatic amines is 1. The zero-order valence-corrected chi connectivity index (χ0v) is 31.5. The van der Waals surface area contributed by atoms with Gasteiger partial charge in [0.2, 0.25) is 5.76 Å². The number of allylic oxidation sites excluding steroid dienone is 3. The standard InChI is InChI=1S/C42H50N2O10/c1-5-52-41(48)40-30(22-45)35(26-8-10-33(47)28(20-26)24-7-9-32-25(19-24)11-14-43-32)36-38(51-4)29-21-34(53-37(29)31(23-46)39(36)54-40)42(2,49)27-12-16-44(17-13-27)15-6-18-50-3/h7,9,11,14,19,22,27-28,34,43,46,49H,5-6,8,10,12-13,15-18,20-21,23H2,1-4H3/b35-26-/t28-,34-,42+/m0/s1. The van der Waals surface area contributed by atoms with Crippen LogP contribution in [0.4, 0.5) is 0 Å². The van der Waals surface area contributed by atoms with Gasteiger partial charge in [-0.05, 0) is 94.1 Å². The third kappa shape index (κ3) is 6.74. The fourth-order valence-corrected chi connectivity index (χ4v) is 8.92. The number of ketones is 1. The second kappa shape index (κ2) is 15.7. The maximum Gasteiger partial charge on any atom is 0.375 e. The molecule has 3 aliphatic heterocycles. The van der Waals surface area contributed by atoms with Gasteiger partial charge in [0, 0.05) is 61.9 Å². The number of Topliss-reactive ketones (excluding diaryl/α,β-unsaturated/α-hetero) is 1. The number of hydrogen-bond acceptors (Lipinski definition) is 11. The van der Waals surface area contributed by atoms with Crippen LogP contribution in [0.15, 0.2) is 47.4 Å². The van der Waals surface area contributed by atoms with Crippen molar-refractivity contribution in [1.29, 1.82) is 0 Å². The average molecular weight is 743 g/mol. The molecule has 12 heteroatoms. The number of ether oxygens (including phenoxy) is 5. The Balaban J connectivity index is 1.31. The molecule has 3 aromatic rings. The molecule has 12 nitrogen and oxygen atoms in total. The first-order valence-corrected chi connectivity index (χ1v) is 19.0. The highest BCUT2D eigenvalue weighted by molar-refractivity contribution is 6.11. The smallest absolute Gasteiger partial charge is 0.375 e. The number of fused-ring (bicyclic) bond motifs is 3. The first-order valence-electron chi connectivity index (χ1n) is 19.0. The zero-order chi connectivity index (χ0) is 38.1. The summed E-state index contributed by atoms with van der Waals surface area (Å²) in [6.45, 7) is 6.36. The highest BCUT2D eigenvalue weighted by Crippen LogP contribution is 2.57. The minimum Gasteiger partial charge on any atom is -0.496 e. The van der Waals surface area contributed by atoms with Crippen LogP contribution in [-0.2, 0) is 36.9 Å². The number of aromatic nitrogens is 1. The summed E-state index contributed by atoms with van der Waals surface area (Å²) < 4.78 is 29.6. The molecule has 4 aliphatic rings. The van der Waals surface area contributed by atoms with E-state index in [1.807, 2.05) is 37.4 Å². The third-order valence-electron chi connectivity index (χ3n) is 11.8. The lowest BCUT2D eigenvalue weighted by Crippen LogP contribution is -2.52. The van der Waals surface area contributed by atoms with E-state index in [1.54, 1.807) is 14.0 Å². The molecule has 1 aromatic heterocycles. The quantitative estimate of drug-likeness (QED) is 0.128. The summed E-state index contributed by atoms with van der Waals surface area (Å²) in [4.78, 5) is 45.7. The lowest BCUT2D eigenvalue weighted by Gasteiger charge is -2.42. The zero-order valence-electron chi connectivity index (χ0n) is 31.5. The fourth-order valence-electron chi connectivity index (χ4n) is 8.92. The van der Waals surface area contributed by atoms with Crippen molar-refractivity contribution in [1.82, 2.24) is 9.88 Å². The number of carbonyl (C=O) groups is 3. The van der Waals surface area contributed by atoms with E-state index in [2.05, 4.69) is 9.88 Å². The lowest BCUT2D eigenvalue weighted by atomic mass is 9.75. The van der Waals surface area contributed by atoms with E-state index in [0.29, 0.717) is 53.9 Å². The van der Waals surface area contributed by atoms with Gasteiger partial charge >= 0.3 is 5.97 Å². The number of piperidine rings is 1. The van der Waals surface area contributed by atoms with Crippen LogP contribution in [0.1, 0.15) is 80.5 Å². The maximum atomic E-state index is 13.5. The Labute approximate surface area is 315 Å². The molecule has 0 bridgehead atoms. The summed E-state index contributed by atoms with van der Waals surface area (Å²) in [5.74, 6) is -0.760. The number of esters is 1. The van der Waals surface area contributed by atoms with Crippen LogP contribution in [0.3, 0.4) is 0 Å². The third-order valence-corrected chi connectivity index (χ3v) is 11.8. The predicted octanol–water partition coefficient (Wildman–Crippen LogP) is 5.17. The Morgan fingerprint density at radius 1 is 1.13 bits per heavy atom. The van der Waals surface area contributed by atoms with Crippen LogP contribution in [0.25, 0.3) is 16.5 Å². The van der Waals surface area contributed by atoms with Crippen LogP contribution >= 0.6 is 0 Å². The van der Waals surface area contributed by atoms with Crippen molar-refractivity contribution in [3.63, 3.8) is 0 Å². The van der Waals surface area contributed by atoms with Gasteiger partial charge < -0.3 is 43.8 Å². The first-order chi connectivity index (χ1) is 26.1. The number of likely N-dealkylation sites (tertiary alicyclic amines) is 1. The number of aliphatic hydroxyl groups excluding tert-OH is 1. The summed E-state index contributed by atoms with van der Waals surface area (Å²) in [5, 5.41) is 24.1. The largest absolute Gasteiger partial charge is 0.496 e. The number of H-pyrrole nitrogens is 1. The van der Waals surface area contributed by atoms with Crippen molar-refractivity contribution in [2.45, 2.75) is 83.0 Å². The van der Waals surface area contributed by atoms with E-state index >= 15 is 0 Å². The normalized spacial score (nSPS) is 23.0. The molecule has 0 amide bonds. The number of hydrogen-bond donors (Lipinski definition) is 3. The highest BCUT2D eigenvalue weighted by Gasteiger charge is 2.49. The van der Waals surface area contributed by atoms with Gasteiger partial charge in [0.25, 0.3) is 0 Å². The van der Waals surface area contributed by atoms with Crippen molar-refractivity contribution in [2.24, 2.45) is 5.92 Å². The lowest BCUT2D eigenvalue weighted by molar-refractivity contribution is -0.141. The molecule has 3 atom stereocenters. The van der Waals surface area contributed by atoms with E-state index in [9.17, 15) is 24.6 Å². The Kier molecular flexibility index (Phi) is 11.0. The molecular formula is C42H50N2O10. The van der Waals surface area contributed by atoms with Crippen molar-refractivity contribution in [2.75, 3.05) is 47.1 Å². The molecule has 1 saturated carbocycles. The highest BCUT2D eigenvalue weighted by atomic mass is 16.6. The number of aliphatic hydroxyl groups is 2. The van der Waals surface area contributed by atoms with E-state index in [0.717, 1.165) is 60.9 Å². The molecule has 288 valence electrons. The van der Waals surface area contributed by atoms with Gasteiger partial charge in [-0.25, -0.2) is 4.79 Å². The van der Waals surface area contributed by atoms with Crippen LogP contribution in [-0.4, -0.2) is 96.9 Å². The van der Waals surface area contributed by atoms with Gasteiger partial charge in [0.1, 0.15) is 34.7 Å². The number of rotatable bonds is 12. The minimum absolute atomic E-state index is 0.00741. The van der Waals surface area contributed by atoms with Crippen molar-refractivity contribution < 1.29 is 48.3 Å². The summed E-state index contributed by atoms with van der Waals surface area (Å²) in [6.07, 6.45) is 5.46. The Bertz CT molecular complexity index is 2000. The van der Waals surface area contributed by atoms with Crippen LogP contribution in [0.5, 0.6) is 17.2 Å². The van der Waals surface area contributed by atoms with Crippen LogP contribution < -0.4 is 14.2 Å². The topological polar surface area (TPSA) is 157 Å². The maximum absolute atomic E-state index is 13.5. The summed E-state index contributed by atoms with van der Waals surface area (Å²) >= 11 is 0. The number of nitrogens with one attached hydrogen (secondary N) is 1. The summed E-state index contributed by atoms with van der Waals surface area (Å²) in [6, 6.07) is 7.86. The van der Waals surface area contributed by atoms with Gasteiger partial charge in [-0.2, -0.15) is 0 Å². The van der Waals surface area contributed by atoms with Gasteiger partial charge in [-0.3, -0.25) is 9.59 Å². The van der Waals surface area contributed by atoms with Gasteiger partial charge in [0.15, 0.2) is 6.29 Å². The SMILES string of the molecule is CCOC(=O)C1=C(C=O)/C(=C2\CCC(=O)[C@H](c3ccc4[nH]ccc4c3)C2)c2c(OC)c3c(c(CO)c2O1)O[C@H]([C@](C)(O)C1CCN(CCCOC)CC1)C3. The molecule has 0 unspecified atom stereocenters.